The predicted octanol–water partition coefficient (Wildman–Crippen LogP) is 5.61. The number of carbonyl (C=O) groups excluding carboxylic acids is 1. The average Bonchev–Trinajstić information content (AvgIpc) is 2.49. The van der Waals surface area contributed by atoms with Crippen LogP contribution in [-0.2, 0) is 9.53 Å². The quantitative estimate of drug-likeness (QED) is 0.127. The maximum atomic E-state index is 11.5. The molecular formula is C21H42NNaO2. The van der Waals surface area contributed by atoms with E-state index in [4.69, 9.17) is 10.5 Å². The Bertz CT molecular complexity index is 324. The third kappa shape index (κ3) is 24.2. The van der Waals surface area contributed by atoms with Gasteiger partial charge in [0.1, 0.15) is 0 Å². The second-order valence-corrected chi connectivity index (χ2v) is 7.41. The Morgan fingerprint density at radius 1 is 0.840 bits per heavy atom. The number of nitrogens with two attached hydrogens (primary N) is 1. The molecule has 0 heterocycles. The van der Waals surface area contributed by atoms with Crippen molar-refractivity contribution in [2.45, 2.75) is 116 Å². The fraction of sp³-hybridized carbons (Fsp3) is 0.857. The van der Waals surface area contributed by atoms with Crippen LogP contribution in [0.4, 0.5) is 0 Å². The zero-order valence-corrected chi connectivity index (χ0v) is 16.4. The summed E-state index contributed by atoms with van der Waals surface area (Å²) in [4.78, 5) is 11.5. The van der Waals surface area contributed by atoms with Gasteiger partial charge in [0.2, 0.25) is 0 Å². The molecule has 0 aliphatic carbocycles. The van der Waals surface area contributed by atoms with Crippen molar-refractivity contribution >= 4 is 35.5 Å². The van der Waals surface area contributed by atoms with Crippen molar-refractivity contribution in [3.8, 4) is 0 Å². The molecule has 0 atom stereocenters. The van der Waals surface area contributed by atoms with Gasteiger partial charge in [0, 0.05) is 6.42 Å². The molecule has 144 valence electrons. The van der Waals surface area contributed by atoms with Crippen LogP contribution in [-0.4, -0.2) is 41.3 Å². The standard InChI is InChI=1S/C21H41NO2.Na.H/c1-4-5-6-7-8-9-10-11-12-13-14-15-16-17-18-19-20(23)24-21(2,3)22;;/h11-12H,4-10,13-19,22H2,1-3H3;;/b12-11-;;. The van der Waals surface area contributed by atoms with Crippen molar-refractivity contribution in [1.82, 2.24) is 0 Å². The Kier molecular flexibility index (Phi) is 20.8. The molecule has 0 amide bonds. The molecule has 4 heteroatoms. The van der Waals surface area contributed by atoms with E-state index in [2.05, 4.69) is 19.1 Å². The molecule has 0 unspecified atom stereocenters. The molecule has 0 aromatic heterocycles. The Labute approximate surface area is 178 Å². The molecule has 0 fully saturated rings. The van der Waals surface area contributed by atoms with Crippen molar-refractivity contribution < 1.29 is 9.53 Å². The van der Waals surface area contributed by atoms with E-state index in [9.17, 15) is 4.79 Å². The van der Waals surface area contributed by atoms with Crippen LogP contribution in [0.15, 0.2) is 12.2 Å². The van der Waals surface area contributed by atoms with Gasteiger partial charge >= 0.3 is 35.5 Å². The Morgan fingerprint density at radius 2 is 1.28 bits per heavy atom. The monoisotopic (exact) mass is 363 g/mol. The fourth-order valence-electron chi connectivity index (χ4n) is 2.68. The Hall–Kier alpha value is 0.170. The third-order valence-corrected chi connectivity index (χ3v) is 4.02. The van der Waals surface area contributed by atoms with Crippen LogP contribution in [0.3, 0.4) is 0 Å². The van der Waals surface area contributed by atoms with Gasteiger partial charge in [-0.05, 0) is 46.0 Å². The molecule has 0 rings (SSSR count). The van der Waals surface area contributed by atoms with Gasteiger partial charge in [0.15, 0.2) is 5.72 Å². The van der Waals surface area contributed by atoms with Gasteiger partial charge in [0.05, 0.1) is 0 Å². The van der Waals surface area contributed by atoms with Gasteiger partial charge in [0.25, 0.3) is 0 Å². The van der Waals surface area contributed by atoms with Gasteiger partial charge in [-0.3, -0.25) is 10.5 Å². The number of hydrogen-bond donors (Lipinski definition) is 1. The summed E-state index contributed by atoms with van der Waals surface area (Å²) in [5, 5.41) is 0. The predicted molar refractivity (Wildman–Crippen MR) is 111 cm³/mol. The van der Waals surface area contributed by atoms with Crippen molar-refractivity contribution in [3.63, 3.8) is 0 Å². The van der Waals surface area contributed by atoms with Crippen LogP contribution in [0, 0.1) is 0 Å². The molecule has 0 spiro atoms. The number of unbranched alkanes of at least 4 members (excludes halogenated alkanes) is 11. The number of hydrogen-bond acceptors (Lipinski definition) is 3. The van der Waals surface area contributed by atoms with Crippen molar-refractivity contribution in [2.75, 3.05) is 0 Å². The first-order valence-electron chi connectivity index (χ1n) is 10.1. The van der Waals surface area contributed by atoms with Crippen LogP contribution in [0.25, 0.3) is 0 Å². The van der Waals surface area contributed by atoms with E-state index < -0.39 is 5.72 Å². The van der Waals surface area contributed by atoms with Gasteiger partial charge < -0.3 is 4.74 Å². The van der Waals surface area contributed by atoms with E-state index in [1.807, 2.05) is 0 Å². The molecule has 0 aliphatic rings. The molecule has 25 heavy (non-hydrogen) atoms. The van der Waals surface area contributed by atoms with Gasteiger partial charge in [-0.2, -0.15) is 0 Å². The SMILES string of the molecule is CCCCCCCC/C=C\CCCCCCCC(=O)OC(C)(C)N.[NaH]. The summed E-state index contributed by atoms with van der Waals surface area (Å²) < 4.78 is 5.09. The summed E-state index contributed by atoms with van der Waals surface area (Å²) in [5.74, 6) is -0.180. The first kappa shape index (κ1) is 27.4. The fourth-order valence-corrected chi connectivity index (χ4v) is 2.68. The molecule has 2 N–H and O–H groups in total. The summed E-state index contributed by atoms with van der Waals surface area (Å²) in [6.45, 7) is 5.66. The summed E-state index contributed by atoms with van der Waals surface area (Å²) in [6, 6.07) is 0. The van der Waals surface area contributed by atoms with E-state index in [0.29, 0.717) is 6.42 Å². The Morgan fingerprint density at radius 3 is 1.76 bits per heavy atom. The molecule has 0 radical (unpaired) electrons. The minimum absolute atomic E-state index is 0. The summed E-state index contributed by atoms with van der Waals surface area (Å²) in [6.07, 6.45) is 21.6. The summed E-state index contributed by atoms with van der Waals surface area (Å²) >= 11 is 0. The maximum absolute atomic E-state index is 11.5. The molecule has 3 nitrogen and oxygen atoms in total. The number of allylic oxidation sites excluding steroid dienone is 2. The molecule has 0 bridgehead atoms. The van der Waals surface area contributed by atoms with E-state index in [1.165, 1.54) is 70.6 Å². The minimum atomic E-state index is -0.848. The number of ether oxygens (including phenoxy) is 1. The van der Waals surface area contributed by atoms with Crippen LogP contribution in [0.1, 0.15) is 111 Å². The topological polar surface area (TPSA) is 52.3 Å². The first-order valence-corrected chi connectivity index (χ1v) is 10.1. The molecule has 0 aliphatic heterocycles. The zero-order valence-electron chi connectivity index (χ0n) is 16.4. The number of esters is 1. The number of carbonyl (C=O) groups is 1. The third-order valence-electron chi connectivity index (χ3n) is 4.02. The summed E-state index contributed by atoms with van der Waals surface area (Å²) in [7, 11) is 0. The molecule has 0 aromatic rings. The van der Waals surface area contributed by atoms with Crippen LogP contribution in [0.5, 0.6) is 0 Å². The second kappa shape index (κ2) is 18.9. The molecule has 0 aromatic carbocycles. The average molecular weight is 364 g/mol. The first-order chi connectivity index (χ1) is 11.5. The molecule has 0 saturated carbocycles. The normalized spacial score (nSPS) is 11.5. The van der Waals surface area contributed by atoms with Crippen LogP contribution in [0.2, 0.25) is 0 Å². The van der Waals surface area contributed by atoms with Crippen molar-refractivity contribution in [1.29, 1.82) is 0 Å². The van der Waals surface area contributed by atoms with Gasteiger partial charge in [-0.1, -0.05) is 70.4 Å². The van der Waals surface area contributed by atoms with E-state index in [0.717, 1.165) is 12.8 Å². The van der Waals surface area contributed by atoms with E-state index >= 15 is 0 Å². The van der Waals surface area contributed by atoms with Gasteiger partial charge in [-0.25, -0.2) is 0 Å². The van der Waals surface area contributed by atoms with Crippen molar-refractivity contribution in [2.24, 2.45) is 5.73 Å². The van der Waals surface area contributed by atoms with E-state index in [-0.39, 0.29) is 35.5 Å². The zero-order chi connectivity index (χ0) is 18.1. The van der Waals surface area contributed by atoms with E-state index in [1.54, 1.807) is 13.8 Å². The number of rotatable bonds is 16. The van der Waals surface area contributed by atoms with Crippen molar-refractivity contribution in [3.05, 3.63) is 12.2 Å². The van der Waals surface area contributed by atoms with Gasteiger partial charge in [-0.15, -0.1) is 0 Å². The summed E-state index contributed by atoms with van der Waals surface area (Å²) in [5.41, 5.74) is 4.79. The molecule has 0 saturated heterocycles. The van der Waals surface area contributed by atoms with Crippen LogP contribution < -0.4 is 5.73 Å². The van der Waals surface area contributed by atoms with Crippen LogP contribution >= 0.6 is 0 Å². The Balaban J connectivity index is 0. The molecular weight excluding hydrogens is 321 g/mol. The second-order valence-electron chi connectivity index (χ2n) is 7.41.